The first kappa shape index (κ1) is 14.1. The van der Waals surface area contributed by atoms with Crippen LogP contribution in [0.2, 0.25) is 5.02 Å². The van der Waals surface area contributed by atoms with Crippen LogP contribution >= 0.6 is 11.6 Å². The van der Waals surface area contributed by atoms with Crippen LogP contribution in [-0.4, -0.2) is 6.04 Å². The predicted molar refractivity (Wildman–Crippen MR) is 82.5 cm³/mol. The molecule has 2 aromatic carbocycles. The van der Waals surface area contributed by atoms with Crippen LogP contribution in [0.5, 0.6) is 0 Å². The van der Waals surface area contributed by atoms with Crippen molar-refractivity contribution >= 4 is 11.6 Å². The molecule has 2 rings (SSSR count). The van der Waals surface area contributed by atoms with Gasteiger partial charge in [0.2, 0.25) is 0 Å². The maximum Gasteiger partial charge on any atom is 0.0406 e. The van der Waals surface area contributed by atoms with Gasteiger partial charge in [0.15, 0.2) is 0 Å². The van der Waals surface area contributed by atoms with E-state index in [4.69, 9.17) is 11.6 Å². The van der Waals surface area contributed by atoms with Crippen molar-refractivity contribution in [1.29, 1.82) is 0 Å². The highest BCUT2D eigenvalue weighted by Gasteiger charge is 2.02. The Labute approximate surface area is 120 Å². The number of nitrogens with one attached hydrogen (secondary N) is 1. The third-order valence-electron chi connectivity index (χ3n) is 3.28. The lowest BCUT2D eigenvalue weighted by Gasteiger charge is -2.14. The summed E-state index contributed by atoms with van der Waals surface area (Å²) in [6, 6.07) is 19.2. The van der Waals surface area contributed by atoms with Gasteiger partial charge in [0, 0.05) is 17.6 Å². The molecule has 0 aromatic heterocycles. The highest BCUT2D eigenvalue weighted by atomic mass is 35.5. The molecule has 0 saturated heterocycles. The largest absolute Gasteiger partial charge is 0.310 e. The average Bonchev–Trinajstić information content (AvgIpc) is 2.45. The second-order valence-electron chi connectivity index (χ2n) is 4.93. The van der Waals surface area contributed by atoms with Crippen molar-refractivity contribution in [3.63, 3.8) is 0 Å². The van der Waals surface area contributed by atoms with E-state index in [-0.39, 0.29) is 0 Å². The lowest BCUT2D eigenvalue weighted by Crippen LogP contribution is -2.25. The van der Waals surface area contributed by atoms with E-state index < -0.39 is 0 Å². The molecular formula is C17H20ClN. The minimum absolute atomic E-state index is 0.510. The van der Waals surface area contributed by atoms with Crippen molar-refractivity contribution in [3.05, 3.63) is 70.7 Å². The van der Waals surface area contributed by atoms with Crippen LogP contribution in [0, 0.1) is 0 Å². The first-order valence-corrected chi connectivity index (χ1v) is 7.13. The van der Waals surface area contributed by atoms with Crippen molar-refractivity contribution in [1.82, 2.24) is 5.32 Å². The Morgan fingerprint density at radius 3 is 2.32 bits per heavy atom. The van der Waals surface area contributed by atoms with Gasteiger partial charge in [-0.2, -0.15) is 0 Å². The molecule has 0 aliphatic carbocycles. The van der Waals surface area contributed by atoms with Gasteiger partial charge in [-0.1, -0.05) is 54.1 Å². The first-order valence-electron chi connectivity index (χ1n) is 6.76. The fourth-order valence-electron chi connectivity index (χ4n) is 2.02. The Kier molecular flexibility index (Phi) is 5.44. The third kappa shape index (κ3) is 5.06. The number of hydrogen-bond acceptors (Lipinski definition) is 1. The van der Waals surface area contributed by atoms with Gasteiger partial charge in [-0.25, -0.2) is 0 Å². The summed E-state index contributed by atoms with van der Waals surface area (Å²) in [5, 5.41) is 4.34. The average molecular weight is 274 g/mol. The SMILES string of the molecule is C[C@H](CCc1ccccc1)NCc1ccc(Cl)cc1. The molecule has 0 aliphatic rings. The molecule has 0 amide bonds. The molecule has 2 aromatic rings. The zero-order chi connectivity index (χ0) is 13.5. The number of aryl methyl sites for hydroxylation is 1. The number of benzene rings is 2. The summed E-state index contributed by atoms with van der Waals surface area (Å²) in [5.74, 6) is 0. The molecule has 2 heteroatoms. The van der Waals surface area contributed by atoms with Gasteiger partial charge in [0.05, 0.1) is 0 Å². The Balaban J connectivity index is 1.72. The van der Waals surface area contributed by atoms with E-state index in [9.17, 15) is 0 Å². The van der Waals surface area contributed by atoms with Gasteiger partial charge in [0.1, 0.15) is 0 Å². The van der Waals surface area contributed by atoms with Crippen LogP contribution in [0.1, 0.15) is 24.5 Å². The maximum atomic E-state index is 5.87. The second kappa shape index (κ2) is 7.32. The van der Waals surface area contributed by atoms with E-state index >= 15 is 0 Å². The van der Waals surface area contributed by atoms with Crippen molar-refractivity contribution in [3.8, 4) is 0 Å². The van der Waals surface area contributed by atoms with Crippen LogP contribution in [0.4, 0.5) is 0 Å². The van der Waals surface area contributed by atoms with Crippen molar-refractivity contribution in [2.75, 3.05) is 0 Å². The molecule has 0 spiro atoms. The lowest BCUT2D eigenvalue weighted by molar-refractivity contribution is 0.514. The Morgan fingerprint density at radius 2 is 1.63 bits per heavy atom. The summed E-state index contributed by atoms with van der Waals surface area (Å²) < 4.78 is 0. The molecule has 0 saturated carbocycles. The van der Waals surface area contributed by atoms with Gasteiger partial charge in [-0.3, -0.25) is 0 Å². The summed E-state index contributed by atoms with van der Waals surface area (Å²) >= 11 is 5.87. The van der Waals surface area contributed by atoms with E-state index in [1.807, 2.05) is 12.1 Å². The molecule has 0 radical (unpaired) electrons. The van der Waals surface area contributed by atoms with Crippen LogP contribution < -0.4 is 5.32 Å². The summed E-state index contributed by atoms with van der Waals surface area (Å²) in [6.07, 6.45) is 2.27. The zero-order valence-electron chi connectivity index (χ0n) is 11.3. The highest BCUT2D eigenvalue weighted by Crippen LogP contribution is 2.10. The molecule has 100 valence electrons. The molecule has 0 bridgehead atoms. The highest BCUT2D eigenvalue weighted by molar-refractivity contribution is 6.30. The second-order valence-corrected chi connectivity index (χ2v) is 5.37. The first-order chi connectivity index (χ1) is 9.24. The normalized spacial score (nSPS) is 12.3. The molecule has 1 N–H and O–H groups in total. The molecule has 0 aliphatic heterocycles. The predicted octanol–water partition coefficient (Wildman–Crippen LogP) is 4.45. The summed E-state index contributed by atoms with van der Waals surface area (Å²) in [7, 11) is 0. The minimum Gasteiger partial charge on any atom is -0.310 e. The third-order valence-corrected chi connectivity index (χ3v) is 3.53. The topological polar surface area (TPSA) is 12.0 Å². The monoisotopic (exact) mass is 273 g/mol. The molecule has 19 heavy (non-hydrogen) atoms. The van der Waals surface area contributed by atoms with Gasteiger partial charge < -0.3 is 5.32 Å². The number of hydrogen-bond donors (Lipinski definition) is 1. The van der Waals surface area contributed by atoms with Crippen LogP contribution in [-0.2, 0) is 13.0 Å². The van der Waals surface area contributed by atoms with Crippen molar-refractivity contribution in [2.45, 2.75) is 32.4 Å². The summed E-state index contributed by atoms with van der Waals surface area (Å²) in [6.45, 7) is 3.13. The molecular weight excluding hydrogens is 254 g/mol. The van der Waals surface area contributed by atoms with Crippen LogP contribution in [0.15, 0.2) is 54.6 Å². The van der Waals surface area contributed by atoms with Gasteiger partial charge >= 0.3 is 0 Å². The van der Waals surface area contributed by atoms with Crippen molar-refractivity contribution < 1.29 is 0 Å². The molecule has 0 heterocycles. The number of rotatable bonds is 6. The van der Waals surface area contributed by atoms with E-state index in [0.29, 0.717) is 6.04 Å². The van der Waals surface area contributed by atoms with E-state index in [2.05, 4.69) is 54.7 Å². The van der Waals surface area contributed by atoms with E-state index in [1.54, 1.807) is 0 Å². The summed E-state index contributed by atoms with van der Waals surface area (Å²) in [4.78, 5) is 0. The molecule has 0 fully saturated rings. The Bertz CT molecular complexity index is 478. The minimum atomic E-state index is 0.510. The Morgan fingerprint density at radius 1 is 0.947 bits per heavy atom. The quantitative estimate of drug-likeness (QED) is 0.820. The van der Waals surface area contributed by atoms with Gasteiger partial charge in [0.25, 0.3) is 0 Å². The molecule has 1 atom stereocenters. The molecule has 0 unspecified atom stereocenters. The maximum absolute atomic E-state index is 5.87. The van der Waals surface area contributed by atoms with Gasteiger partial charge in [-0.05, 0) is 43.0 Å². The van der Waals surface area contributed by atoms with E-state index in [0.717, 1.165) is 24.4 Å². The fourth-order valence-corrected chi connectivity index (χ4v) is 2.15. The number of halogens is 1. The van der Waals surface area contributed by atoms with E-state index in [1.165, 1.54) is 11.1 Å². The summed E-state index contributed by atoms with van der Waals surface area (Å²) in [5.41, 5.74) is 2.68. The Hall–Kier alpha value is -1.31. The molecule has 1 nitrogen and oxygen atoms in total. The lowest BCUT2D eigenvalue weighted by atomic mass is 10.1. The fraction of sp³-hybridized carbons (Fsp3) is 0.294. The smallest absolute Gasteiger partial charge is 0.0406 e. The van der Waals surface area contributed by atoms with Gasteiger partial charge in [-0.15, -0.1) is 0 Å². The van der Waals surface area contributed by atoms with Crippen LogP contribution in [0.25, 0.3) is 0 Å². The standard InChI is InChI=1S/C17H20ClN/c1-14(7-8-15-5-3-2-4-6-15)19-13-16-9-11-17(18)12-10-16/h2-6,9-12,14,19H,7-8,13H2,1H3/t14-/m1/s1. The van der Waals surface area contributed by atoms with Crippen LogP contribution in [0.3, 0.4) is 0 Å². The zero-order valence-corrected chi connectivity index (χ0v) is 12.0. The van der Waals surface area contributed by atoms with Crippen molar-refractivity contribution in [2.24, 2.45) is 0 Å².